The fraction of sp³-hybridized carbons (Fsp3) is 0.548. The number of hydrogen-bond acceptors (Lipinski definition) is 3. The van der Waals surface area contributed by atoms with E-state index >= 15 is 0 Å². The molecule has 34 heavy (non-hydrogen) atoms. The normalized spacial score (nSPS) is 20.2. The van der Waals surface area contributed by atoms with Gasteiger partial charge in [-0.1, -0.05) is 74.2 Å². The fourth-order valence-electron chi connectivity index (χ4n) is 6.52. The quantitative estimate of drug-likeness (QED) is 0.291. The van der Waals surface area contributed by atoms with Crippen LogP contribution in [0.1, 0.15) is 93.2 Å². The molecule has 2 saturated carbocycles. The molecule has 2 aliphatic rings. The number of benzene rings is 2. The second kappa shape index (κ2) is 10.9. The second-order valence-electron chi connectivity index (χ2n) is 11.1. The Bertz CT molecular complexity index is 1040. The third-order valence-electron chi connectivity index (χ3n) is 8.63. The number of fused-ring (bicyclic) bond motifs is 1. The van der Waals surface area contributed by atoms with Crippen LogP contribution in [0.3, 0.4) is 0 Å². The predicted molar refractivity (Wildman–Crippen MR) is 147 cm³/mol. The Morgan fingerprint density at radius 3 is 2.44 bits per heavy atom. The van der Waals surface area contributed by atoms with Crippen molar-refractivity contribution in [1.82, 2.24) is 5.32 Å². The second-order valence-corrected chi connectivity index (χ2v) is 12.1. The molecule has 0 saturated heterocycles. The van der Waals surface area contributed by atoms with Crippen molar-refractivity contribution in [2.45, 2.75) is 89.1 Å². The summed E-state index contributed by atoms with van der Waals surface area (Å²) in [4.78, 5) is 1.38. The van der Waals surface area contributed by atoms with Gasteiger partial charge in [-0.2, -0.15) is 0 Å². The summed E-state index contributed by atoms with van der Waals surface area (Å²) in [7, 11) is 0. The van der Waals surface area contributed by atoms with E-state index in [0.717, 1.165) is 18.9 Å². The minimum Gasteiger partial charge on any atom is -0.321 e. The predicted octanol–water partition coefficient (Wildman–Crippen LogP) is 8.11. The summed E-state index contributed by atoms with van der Waals surface area (Å²) in [5, 5.41) is 5.33. The lowest BCUT2D eigenvalue weighted by atomic mass is 9.84. The van der Waals surface area contributed by atoms with Crippen molar-refractivity contribution in [3.05, 3.63) is 70.6 Å². The van der Waals surface area contributed by atoms with Gasteiger partial charge in [-0.25, -0.2) is 0 Å². The number of nitrogens with two attached hydrogens (primary N) is 1. The summed E-state index contributed by atoms with van der Waals surface area (Å²) >= 11 is 1.96. The maximum absolute atomic E-state index is 6.93. The van der Waals surface area contributed by atoms with Gasteiger partial charge in [0.25, 0.3) is 0 Å². The Morgan fingerprint density at radius 1 is 0.941 bits per heavy atom. The van der Waals surface area contributed by atoms with Crippen LogP contribution in [0.15, 0.2) is 54.6 Å². The van der Waals surface area contributed by atoms with Crippen LogP contribution < -0.4 is 11.1 Å². The summed E-state index contributed by atoms with van der Waals surface area (Å²) in [6.45, 7) is 3.37. The van der Waals surface area contributed by atoms with Crippen molar-refractivity contribution in [1.29, 1.82) is 0 Å². The van der Waals surface area contributed by atoms with E-state index in [1.54, 1.807) is 0 Å². The van der Waals surface area contributed by atoms with Gasteiger partial charge in [0, 0.05) is 15.6 Å². The van der Waals surface area contributed by atoms with Gasteiger partial charge < -0.3 is 11.1 Å². The molecule has 2 aliphatic carbocycles. The first-order chi connectivity index (χ1) is 16.6. The molecule has 3 aromatic rings. The van der Waals surface area contributed by atoms with Crippen LogP contribution in [-0.4, -0.2) is 6.54 Å². The Balaban J connectivity index is 1.19. The lowest BCUT2D eigenvalue weighted by Gasteiger charge is -2.30. The molecule has 3 heteroatoms. The van der Waals surface area contributed by atoms with Crippen LogP contribution in [0.25, 0.3) is 10.1 Å². The molecular formula is C31H42N2S. The molecule has 0 spiro atoms. The first kappa shape index (κ1) is 24.0. The first-order valence-electron chi connectivity index (χ1n) is 13.7. The van der Waals surface area contributed by atoms with E-state index < -0.39 is 0 Å². The van der Waals surface area contributed by atoms with Crippen LogP contribution >= 0.6 is 11.3 Å². The van der Waals surface area contributed by atoms with E-state index in [1.165, 1.54) is 90.3 Å². The molecular weight excluding hydrogens is 432 g/mol. The van der Waals surface area contributed by atoms with Gasteiger partial charge in [0.05, 0.1) is 5.54 Å². The summed E-state index contributed by atoms with van der Waals surface area (Å²) in [5.41, 5.74) is 9.72. The van der Waals surface area contributed by atoms with Crippen molar-refractivity contribution in [3.8, 4) is 0 Å². The van der Waals surface area contributed by atoms with E-state index in [1.807, 2.05) is 11.3 Å². The molecule has 0 amide bonds. The maximum Gasteiger partial charge on any atom is 0.0504 e. The van der Waals surface area contributed by atoms with E-state index in [4.69, 9.17) is 5.73 Å². The molecule has 1 heterocycles. The van der Waals surface area contributed by atoms with Crippen molar-refractivity contribution >= 4 is 21.4 Å². The molecule has 2 atom stereocenters. The zero-order valence-electron chi connectivity index (χ0n) is 20.9. The molecule has 1 aromatic heterocycles. The fourth-order valence-corrected chi connectivity index (χ4v) is 7.86. The van der Waals surface area contributed by atoms with E-state index in [0.29, 0.717) is 12.0 Å². The highest BCUT2D eigenvalue weighted by Crippen LogP contribution is 2.43. The number of nitrogens with one attached hydrogen (secondary N) is 1. The molecule has 3 N–H and O–H groups in total. The summed E-state index contributed by atoms with van der Waals surface area (Å²) < 4.78 is 1.47. The van der Waals surface area contributed by atoms with Gasteiger partial charge in [0.1, 0.15) is 0 Å². The van der Waals surface area contributed by atoms with Crippen molar-refractivity contribution in [2.24, 2.45) is 17.6 Å². The highest BCUT2D eigenvalue weighted by molar-refractivity contribution is 7.19. The molecule has 2 fully saturated rings. The zero-order chi connectivity index (χ0) is 23.4. The minimum absolute atomic E-state index is 0.186. The summed E-state index contributed by atoms with van der Waals surface area (Å²) in [5.74, 6) is 1.43. The molecule has 0 radical (unpaired) electrons. The average molecular weight is 475 g/mol. The third kappa shape index (κ3) is 5.27. The van der Waals surface area contributed by atoms with E-state index in [2.05, 4.69) is 66.8 Å². The molecule has 0 aliphatic heterocycles. The standard InChI is InChI=1S/C31H42N2S/c1-31(32,27-19-7-8-20-27)28-22-26-18-11-17-25(30(26)34-28)16-9-10-21-33-29(24-14-5-6-15-24)23-12-3-2-4-13-23/h2-4,11-13,17-18,22,24,27,29,33H,5-10,14-16,19-21,32H2,1H3. The van der Waals surface area contributed by atoms with Crippen LogP contribution in [0, 0.1) is 11.8 Å². The molecule has 2 aromatic carbocycles. The van der Waals surface area contributed by atoms with Gasteiger partial charge in [-0.3, -0.25) is 0 Å². The lowest BCUT2D eigenvalue weighted by molar-refractivity contribution is 0.313. The van der Waals surface area contributed by atoms with Crippen LogP contribution in [-0.2, 0) is 12.0 Å². The van der Waals surface area contributed by atoms with Crippen LogP contribution in [0.2, 0.25) is 0 Å². The van der Waals surface area contributed by atoms with Crippen molar-refractivity contribution in [3.63, 3.8) is 0 Å². The van der Waals surface area contributed by atoms with Crippen LogP contribution in [0.4, 0.5) is 0 Å². The number of unbranched alkanes of at least 4 members (excludes halogenated alkanes) is 1. The smallest absolute Gasteiger partial charge is 0.0504 e. The van der Waals surface area contributed by atoms with E-state index in [9.17, 15) is 0 Å². The molecule has 0 bridgehead atoms. The SMILES string of the molecule is CC(N)(c1cc2cccc(CCCCNC(c3ccccc3)C3CCCC3)c2s1)C1CCCC1. The van der Waals surface area contributed by atoms with Gasteiger partial charge in [0.2, 0.25) is 0 Å². The molecule has 182 valence electrons. The molecule has 5 rings (SSSR count). The highest BCUT2D eigenvalue weighted by atomic mass is 32.1. The first-order valence-corrected chi connectivity index (χ1v) is 14.5. The topological polar surface area (TPSA) is 38.0 Å². The third-order valence-corrected chi connectivity index (χ3v) is 10.1. The number of thiophene rings is 1. The molecule has 2 nitrogen and oxygen atoms in total. The monoisotopic (exact) mass is 474 g/mol. The Labute approximate surface area is 210 Å². The van der Waals surface area contributed by atoms with Crippen LogP contribution in [0.5, 0.6) is 0 Å². The summed E-state index contributed by atoms with van der Waals surface area (Å²) in [6, 6.07) is 20.9. The van der Waals surface area contributed by atoms with Gasteiger partial charge >= 0.3 is 0 Å². The van der Waals surface area contributed by atoms with Gasteiger partial charge in [-0.15, -0.1) is 11.3 Å². The van der Waals surface area contributed by atoms with Crippen molar-refractivity contribution < 1.29 is 0 Å². The van der Waals surface area contributed by atoms with Gasteiger partial charge in [-0.05, 0) is 92.8 Å². The lowest BCUT2D eigenvalue weighted by Crippen LogP contribution is -2.39. The zero-order valence-corrected chi connectivity index (χ0v) is 21.7. The van der Waals surface area contributed by atoms with Gasteiger partial charge in [0.15, 0.2) is 0 Å². The highest BCUT2D eigenvalue weighted by Gasteiger charge is 2.35. The molecule has 2 unspecified atom stereocenters. The Hall–Kier alpha value is -1.68. The van der Waals surface area contributed by atoms with Crippen molar-refractivity contribution in [2.75, 3.05) is 6.54 Å². The Kier molecular flexibility index (Phi) is 7.73. The largest absolute Gasteiger partial charge is 0.321 e. The average Bonchev–Trinajstić information content (AvgIpc) is 3.63. The Morgan fingerprint density at radius 2 is 1.68 bits per heavy atom. The number of rotatable bonds is 10. The minimum atomic E-state index is -0.186. The maximum atomic E-state index is 6.93. The number of hydrogen-bond donors (Lipinski definition) is 2. The number of aryl methyl sites for hydroxylation is 1. The van der Waals surface area contributed by atoms with E-state index in [-0.39, 0.29) is 5.54 Å². The summed E-state index contributed by atoms with van der Waals surface area (Å²) in [6.07, 6.45) is 14.4.